The summed E-state index contributed by atoms with van der Waals surface area (Å²) in [5, 5.41) is 0. The Hall–Kier alpha value is -2.22. The summed E-state index contributed by atoms with van der Waals surface area (Å²) in [4.78, 5) is 14.3. The Morgan fingerprint density at radius 1 is 0.889 bits per heavy atom. The van der Waals surface area contributed by atoms with E-state index in [4.69, 9.17) is 5.73 Å². The molecule has 0 spiro atoms. The molecule has 2 aromatic carbocycles. The van der Waals surface area contributed by atoms with E-state index in [0.29, 0.717) is 32.6 Å². The fourth-order valence-electron chi connectivity index (χ4n) is 3.25. The summed E-state index contributed by atoms with van der Waals surface area (Å²) in [5.41, 5.74) is 7.86. The first-order valence-electron chi connectivity index (χ1n) is 9.06. The average molecular weight is 388 g/mol. The molecule has 3 rings (SSSR count). The summed E-state index contributed by atoms with van der Waals surface area (Å²) in [7, 11) is -3.39. The van der Waals surface area contributed by atoms with Crippen molar-refractivity contribution in [1.29, 1.82) is 0 Å². The molecule has 0 saturated carbocycles. The first kappa shape index (κ1) is 19.5. The van der Waals surface area contributed by atoms with E-state index in [0.717, 1.165) is 11.1 Å². The van der Waals surface area contributed by atoms with Gasteiger partial charge in [0.2, 0.25) is 15.9 Å². The maximum atomic E-state index is 12.6. The first-order chi connectivity index (χ1) is 13.0. The predicted octanol–water partition coefficient (Wildman–Crippen LogP) is 1.23. The van der Waals surface area contributed by atoms with E-state index < -0.39 is 16.1 Å². The first-order valence-corrected chi connectivity index (χ1v) is 10.7. The molecule has 1 aliphatic rings. The standard InChI is InChI=1S/C20H25N3O3S/c21-19(15-17-7-3-1-4-8-17)20(24)22-11-13-23(14-12-22)27(25,26)16-18-9-5-2-6-10-18/h1-10,19H,11-16,21H2/t19-/m0/s1. The Bertz CT molecular complexity index is 849. The quantitative estimate of drug-likeness (QED) is 0.808. The minimum absolute atomic E-state index is 0.0185. The Kier molecular flexibility index (Phi) is 6.26. The lowest BCUT2D eigenvalue weighted by Gasteiger charge is -2.35. The molecule has 0 aliphatic carbocycles. The highest BCUT2D eigenvalue weighted by Gasteiger charge is 2.30. The third-order valence-electron chi connectivity index (χ3n) is 4.75. The summed E-state index contributed by atoms with van der Waals surface area (Å²) in [5.74, 6) is -0.145. The number of hydrogen-bond acceptors (Lipinski definition) is 4. The summed E-state index contributed by atoms with van der Waals surface area (Å²) in [6.45, 7) is 1.35. The fourth-order valence-corrected chi connectivity index (χ4v) is 4.77. The molecular weight excluding hydrogens is 362 g/mol. The van der Waals surface area contributed by atoms with Gasteiger partial charge in [-0.3, -0.25) is 4.79 Å². The second-order valence-electron chi connectivity index (χ2n) is 6.76. The number of hydrogen-bond donors (Lipinski definition) is 1. The second kappa shape index (κ2) is 8.65. The van der Waals surface area contributed by atoms with Crippen molar-refractivity contribution in [3.8, 4) is 0 Å². The van der Waals surface area contributed by atoms with Crippen LogP contribution in [0.2, 0.25) is 0 Å². The molecule has 144 valence electrons. The number of carbonyl (C=O) groups is 1. The molecule has 0 radical (unpaired) electrons. The van der Waals surface area contributed by atoms with E-state index >= 15 is 0 Å². The van der Waals surface area contributed by atoms with Crippen LogP contribution in [0.5, 0.6) is 0 Å². The van der Waals surface area contributed by atoms with Crippen LogP contribution in [-0.2, 0) is 27.0 Å². The number of sulfonamides is 1. The molecule has 1 heterocycles. The van der Waals surface area contributed by atoms with Gasteiger partial charge in [-0.2, -0.15) is 4.31 Å². The topological polar surface area (TPSA) is 83.7 Å². The molecule has 7 heteroatoms. The second-order valence-corrected chi connectivity index (χ2v) is 8.73. The third-order valence-corrected chi connectivity index (χ3v) is 6.60. The van der Waals surface area contributed by atoms with Crippen molar-refractivity contribution in [2.45, 2.75) is 18.2 Å². The highest BCUT2D eigenvalue weighted by atomic mass is 32.2. The van der Waals surface area contributed by atoms with Crippen molar-refractivity contribution in [2.24, 2.45) is 5.73 Å². The zero-order chi connectivity index (χ0) is 19.3. The number of amides is 1. The molecule has 0 aromatic heterocycles. The molecule has 27 heavy (non-hydrogen) atoms. The van der Waals surface area contributed by atoms with E-state index in [1.165, 1.54) is 4.31 Å². The lowest BCUT2D eigenvalue weighted by molar-refractivity contribution is -0.133. The van der Waals surface area contributed by atoms with Gasteiger partial charge >= 0.3 is 0 Å². The van der Waals surface area contributed by atoms with Crippen molar-refractivity contribution in [2.75, 3.05) is 26.2 Å². The van der Waals surface area contributed by atoms with Crippen molar-refractivity contribution in [3.63, 3.8) is 0 Å². The SMILES string of the molecule is N[C@@H](Cc1ccccc1)C(=O)N1CCN(S(=O)(=O)Cc2ccccc2)CC1. The van der Waals surface area contributed by atoms with Crippen LogP contribution >= 0.6 is 0 Å². The molecule has 2 N–H and O–H groups in total. The zero-order valence-corrected chi connectivity index (χ0v) is 16.0. The number of carbonyl (C=O) groups excluding carboxylic acids is 1. The molecule has 1 fully saturated rings. The largest absolute Gasteiger partial charge is 0.339 e. The Labute approximate surface area is 160 Å². The minimum atomic E-state index is -3.39. The van der Waals surface area contributed by atoms with Gasteiger partial charge in [0, 0.05) is 26.2 Å². The number of benzene rings is 2. The normalized spacial score (nSPS) is 16.9. The van der Waals surface area contributed by atoms with Gasteiger partial charge < -0.3 is 10.6 Å². The van der Waals surface area contributed by atoms with Gasteiger partial charge in [-0.15, -0.1) is 0 Å². The van der Waals surface area contributed by atoms with Crippen LogP contribution in [0.25, 0.3) is 0 Å². The molecule has 6 nitrogen and oxygen atoms in total. The lowest BCUT2D eigenvalue weighted by Crippen LogP contribution is -2.54. The minimum Gasteiger partial charge on any atom is -0.339 e. The lowest BCUT2D eigenvalue weighted by atomic mass is 10.1. The van der Waals surface area contributed by atoms with E-state index in [9.17, 15) is 13.2 Å². The number of nitrogens with zero attached hydrogens (tertiary/aromatic N) is 2. The molecule has 1 amide bonds. The Morgan fingerprint density at radius 2 is 1.41 bits per heavy atom. The van der Waals surface area contributed by atoms with Gasteiger partial charge in [-0.25, -0.2) is 8.42 Å². The number of rotatable bonds is 6. The van der Waals surface area contributed by atoms with Gasteiger partial charge in [-0.1, -0.05) is 60.7 Å². The fraction of sp³-hybridized carbons (Fsp3) is 0.350. The highest BCUT2D eigenvalue weighted by Crippen LogP contribution is 2.14. The van der Waals surface area contributed by atoms with Crippen LogP contribution in [0, 0.1) is 0 Å². The van der Waals surface area contributed by atoms with Crippen LogP contribution in [0.4, 0.5) is 0 Å². The monoisotopic (exact) mass is 387 g/mol. The van der Waals surface area contributed by atoms with E-state index in [-0.39, 0.29) is 11.7 Å². The van der Waals surface area contributed by atoms with Gasteiger partial charge in [0.1, 0.15) is 0 Å². The summed E-state index contributed by atoms with van der Waals surface area (Å²) >= 11 is 0. The van der Waals surface area contributed by atoms with E-state index in [2.05, 4.69) is 0 Å². The Balaban J connectivity index is 1.54. The summed E-state index contributed by atoms with van der Waals surface area (Å²) < 4.78 is 26.7. The molecule has 0 bridgehead atoms. The number of nitrogens with two attached hydrogens (primary N) is 1. The van der Waals surface area contributed by atoms with Crippen molar-refractivity contribution in [1.82, 2.24) is 9.21 Å². The molecule has 1 saturated heterocycles. The molecule has 0 unspecified atom stereocenters. The number of piperazine rings is 1. The van der Waals surface area contributed by atoms with Gasteiger partial charge in [-0.05, 0) is 17.5 Å². The molecule has 2 aromatic rings. The van der Waals surface area contributed by atoms with Crippen molar-refractivity contribution in [3.05, 3.63) is 71.8 Å². The van der Waals surface area contributed by atoms with Crippen LogP contribution in [0.3, 0.4) is 0 Å². The van der Waals surface area contributed by atoms with Crippen LogP contribution in [0.15, 0.2) is 60.7 Å². The van der Waals surface area contributed by atoms with Gasteiger partial charge in [0.25, 0.3) is 0 Å². The van der Waals surface area contributed by atoms with Crippen LogP contribution < -0.4 is 5.73 Å². The van der Waals surface area contributed by atoms with E-state index in [1.54, 1.807) is 17.0 Å². The zero-order valence-electron chi connectivity index (χ0n) is 15.2. The summed E-state index contributed by atoms with van der Waals surface area (Å²) in [6, 6.07) is 18.2. The van der Waals surface area contributed by atoms with E-state index in [1.807, 2.05) is 48.5 Å². The van der Waals surface area contributed by atoms with Crippen molar-refractivity contribution >= 4 is 15.9 Å². The molecule has 1 atom stereocenters. The third kappa shape index (κ3) is 5.15. The average Bonchev–Trinajstić information content (AvgIpc) is 2.69. The van der Waals surface area contributed by atoms with Gasteiger partial charge in [0.15, 0.2) is 0 Å². The predicted molar refractivity (Wildman–Crippen MR) is 105 cm³/mol. The van der Waals surface area contributed by atoms with Crippen molar-refractivity contribution < 1.29 is 13.2 Å². The molecule has 1 aliphatic heterocycles. The Morgan fingerprint density at radius 3 is 1.96 bits per heavy atom. The smallest absolute Gasteiger partial charge is 0.239 e. The highest BCUT2D eigenvalue weighted by molar-refractivity contribution is 7.88. The van der Waals surface area contributed by atoms with Crippen LogP contribution in [-0.4, -0.2) is 55.8 Å². The maximum Gasteiger partial charge on any atom is 0.239 e. The molecular formula is C20H25N3O3S. The van der Waals surface area contributed by atoms with Gasteiger partial charge in [0.05, 0.1) is 11.8 Å². The summed E-state index contributed by atoms with van der Waals surface area (Å²) in [6.07, 6.45) is 0.478. The van der Waals surface area contributed by atoms with Crippen LogP contribution in [0.1, 0.15) is 11.1 Å². The maximum absolute atomic E-state index is 12.6.